The van der Waals surface area contributed by atoms with Crippen molar-refractivity contribution < 1.29 is 4.79 Å². The van der Waals surface area contributed by atoms with Gasteiger partial charge in [-0.15, -0.1) is 0 Å². The minimum atomic E-state index is -0.101. The highest BCUT2D eigenvalue weighted by Gasteiger charge is 2.65. The minimum Gasteiger partial charge on any atom is -0.352 e. The standard InChI is InChI=1S/C15H24N2O/c1-2-15(5-6-16-8-15)14(18)17-13-11-9-3-4-10(7-9)12(11)13/h9-13,16H,2-8H2,1H3,(H,17,18). The molecule has 100 valence electrons. The molecule has 0 aromatic rings. The van der Waals surface area contributed by atoms with Crippen LogP contribution in [0.3, 0.4) is 0 Å². The third-order valence-corrected chi connectivity index (χ3v) is 6.44. The number of hydrogen-bond donors (Lipinski definition) is 2. The average molecular weight is 248 g/mol. The molecule has 3 saturated carbocycles. The van der Waals surface area contributed by atoms with Crippen molar-refractivity contribution in [3.05, 3.63) is 0 Å². The van der Waals surface area contributed by atoms with Crippen LogP contribution in [0, 0.1) is 29.1 Å². The molecule has 4 fully saturated rings. The first-order chi connectivity index (χ1) is 8.75. The zero-order chi connectivity index (χ0) is 12.3. The van der Waals surface area contributed by atoms with E-state index in [4.69, 9.17) is 0 Å². The van der Waals surface area contributed by atoms with Gasteiger partial charge in [0, 0.05) is 12.6 Å². The molecular formula is C15H24N2O. The van der Waals surface area contributed by atoms with Gasteiger partial charge in [-0.05, 0) is 62.3 Å². The lowest BCUT2D eigenvalue weighted by atomic mass is 9.83. The van der Waals surface area contributed by atoms with Crippen LogP contribution >= 0.6 is 0 Å². The van der Waals surface area contributed by atoms with E-state index in [0.29, 0.717) is 11.9 Å². The Bertz CT molecular complexity index is 359. The molecule has 0 spiro atoms. The van der Waals surface area contributed by atoms with Gasteiger partial charge in [-0.1, -0.05) is 6.92 Å². The molecule has 0 aromatic heterocycles. The Labute approximate surface area is 109 Å². The molecule has 4 aliphatic rings. The number of carbonyl (C=O) groups excluding carboxylic acids is 1. The Morgan fingerprint density at radius 1 is 1.33 bits per heavy atom. The van der Waals surface area contributed by atoms with Crippen molar-refractivity contribution >= 4 is 5.91 Å². The molecule has 1 saturated heterocycles. The number of nitrogens with one attached hydrogen (secondary N) is 2. The van der Waals surface area contributed by atoms with Gasteiger partial charge in [0.05, 0.1) is 5.41 Å². The van der Waals surface area contributed by atoms with Crippen molar-refractivity contribution in [2.24, 2.45) is 29.1 Å². The van der Waals surface area contributed by atoms with Crippen LogP contribution in [0.2, 0.25) is 0 Å². The van der Waals surface area contributed by atoms with Gasteiger partial charge in [0.15, 0.2) is 0 Å². The second kappa shape index (κ2) is 3.72. The van der Waals surface area contributed by atoms with E-state index >= 15 is 0 Å². The van der Waals surface area contributed by atoms with Crippen molar-refractivity contribution in [1.82, 2.24) is 10.6 Å². The van der Waals surface area contributed by atoms with E-state index in [1.54, 1.807) is 0 Å². The first kappa shape index (κ1) is 11.3. The van der Waals surface area contributed by atoms with Gasteiger partial charge >= 0.3 is 0 Å². The Morgan fingerprint density at radius 3 is 2.61 bits per heavy atom. The van der Waals surface area contributed by atoms with Crippen LogP contribution < -0.4 is 10.6 Å². The molecule has 5 unspecified atom stereocenters. The number of amides is 1. The lowest BCUT2D eigenvalue weighted by Crippen LogP contribution is -2.44. The SMILES string of the molecule is CCC1(C(=O)NC2C3C4CCC(C4)C23)CCNC1. The Kier molecular flexibility index (Phi) is 2.33. The fourth-order valence-electron chi connectivity index (χ4n) is 5.22. The third kappa shape index (κ3) is 1.37. The fraction of sp³-hybridized carbons (Fsp3) is 0.933. The van der Waals surface area contributed by atoms with Crippen LogP contribution in [-0.2, 0) is 4.79 Å². The van der Waals surface area contributed by atoms with Crippen molar-refractivity contribution in [2.75, 3.05) is 13.1 Å². The number of fused-ring (bicyclic) bond motifs is 5. The maximum absolute atomic E-state index is 12.6. The van der Waals surface area contributed by atoms with Crippen LogP contribution in [0.4, 0.5) is 0 Å². The third-order valence-electron chi connectivity index (χ3n) is 6.44. The van der Waals surface area contributed by atoms with E-state index in [1.165, 1.54) is 19.3 Å². The highest BCUT2D eigenvalue weighted by atomic mass is 16.2. The molecule has 1 amide bonds. The molecule has 4 rings (SSSR count). The molecular weight excluding hydrogens is 224 g/mol. The highest BCUT2D eigenvalue weighted by Crippen LogP contribution is 2.65. The Balaban J connectivity index is 1.43. The summed E-state index contributed by atoms with van der Waals surface area (Å²) >= 11 is 0. The zero-order valence-corrected chi connectivity index (χ0v) is 11.2. The van der Waals surface area contributed by atoms with Crippen molar-refractivity contribution in [2.45, 2.75) is 45.1 Å². The fourth-order valence-corrected chi connectivity index (χ4v) is 5.22. The van der Waals surface area contributed by atoms with Crippen molar-refractivity contribution in [3.63, 3.8) is 0 Å². The topological polar surface area (TPSA) is 41.1 Å². The lowest BCUT2D eigenvalue weighted by molar-refractivity contribution is -0.130. The quantitative estimate of drug-likeness (QED) is 0.795. The molecule has 18 heavy (non-hydrogen) atoms. The van der Waals surface area contributed by atoms with E-state index in [-0.39, 0.29) is 5.41 Å². The molecule has 5 atom stereocenters. The molecule has 2 N–H and O–H groups in total. The van der Waals surface area contributed by atoms with Crippen LogP contribution in [-0.4, -0.2) is 25.0 Å². The first-order valence-electron chi connectivity index (χ1n) is 7.77. The number of hydrogen-bond acceptors (Lipinski definition) is 2. The lowest BCUT2D eigenvalue weighted by Gasteiger charge is -2.26. The zero-order valence-electron chi connectivity index (χ0n) is 11.2. The average Bonchev–Trinajstić information content (AvgIpc) is 2.88. The summed E-state index contributed by atoms with van der Waals surface area (Å²) in [7, 11) is 0. The van der Waals surface area contributed by atoms with Crippen LogP contribution in [0.1, 0.15) is 39.0 Å². The van der Waals surface area contributed by atoms with Crippen LogP contribution in [0.25, 0.3) is 0 Å². The summed E-state index contributed by atoms with van der Waals surface area (Å²) in [6.45, 7) is 4.04. The number of rotatable bonds is 3. The molecule has 1 aliphatic heterocycles. The summed E-state index contributed by atoms with van der Waals surface area (Å²) in [5.74, 6) is 3.95. The summed E-state index contributed by atoms with van der Waals surface area (Å²) < 4.78 is 0. The smallest absolute Gasteiger partial charge is 0.227 e. The molecule has 3 aliphatic carbocycles. The molecule has 1 heterocycles. The summed E-state index contributed by atoms with van der Waals surface area (Å²) in [4.78, 5) is 12.6. The summed E-state index contributed by atoms with van der Waals surface area (Å²) in [5.41, 5.74) is -0.101. The van der Waals surface area contributed by atoms with Gasteiger partial charge in [0.25, 0.3) is 0 Å². The van der Waals surface area contributed by atoms with E-state index in [2.05, 4.69) is 17.6 Å². The molecule has 3 nitrogen and oxygen atoms in total. The predicted octanol–water partition coefficient (Wildman–Crippen LogP) is 1.54. The molecule has 2 bridgehead atoms. The summed E-state index contributed by atoms with van der Waals surface area (Å²) in [6.07, 6.45) is 6.31. The molecule has 3 heteroatoms. The van der Waals surface area contributed by atoms with Crippen molar-refractivity contribution in [1.29, 1.82) is 0 Å². The maximum Gasteiger partial charge on any atom is 0.227 e. The van der Waals surface area contributed by atoms with E-state index in [0.717, 1.165) is 49.6 Å². The van der Waals surface area contributed by atoms with Gasteiger partial charge in [0.2, 0.25) is 5.91 Å². The summed E-state index contributed by atoms with van der Waals surface area (Å²) in [5, 5.41) is 6.77. The second-order valence-corrected chi connectivity index (χ2v) is 7.05. The minimum absolute atomic E-state index is 0.101. The van der Waals surface area contributed by atoms with E-state index in [9.17, 15) is 4.79 Å². The molecule has 0 radical (unpaired) electrons. The van der Waals surface area contributed by atoms with Gasteiger partial charge in [-0.3, -0.25) is 4.79 Å². The van der Waals surface area contributed by atoms with Crippen molar-refractivity contribution in [3.8, 4) is 0 Å². The van der Waals surface area contributed by atoms with E-state index < -0.39 is 0 Å². The predicted molar refractivity (Wildman–Crippen MR) is 70.0 cm³/mol. The number of carbonyl (C=O) groups is 1. The highest BCUT2D eigenvalue weighted by molar-refractivity contribution is 5.84. The maximum atomic E-state index is 12.6. The van der Waals surface area contributed by atoms with Gasteiger partial charge in [-0.2, -0.15) is 0 Å². The Hall–Kier alpha value is -0.570. The van der Waals surface area contributed by atoms with Crippen LogP contribution in [0.5, 0.6) is 0 Å². The van der Waals surface area contributed by atoms with Gasteiger partial charge < -0.3 is 10.6 Å². The van der Waals surface area contributed by atoms with E-state index in [1.807, 2.05) is 0 Å². The van der Waals surface area contributed by atoms with Crippen LogP contribution in [0.15, 0.2) is 0 Å². The largest absolute Gasteiger partial charge is 0.352 e. The monoisotopic (exact) mass is 248 g/mol. The second-order valence-electron chi connectivity index (χ2n) is 7.05. The normalized spacial score (nSPS) is 52.4. The summed E-state index contributed by atoms with van der Waals surface area (Å²) in [6, 6.07) is 0.549. The van der Waals surface area contributed by atoms with Gasteiger partial charge in [0.1, 0.15) is 0 Å². The molecule has 0 aromatic carbocycles. The Morgan fingerprint density at radius 2 is 2.06 bits per heavy atom. The van der Waals surface area contributed by atoms with Gasteiger partial charge in [-0.25, -0.2) is 0 Å². The first-order valence-corrected chi connectivity index (χ1v) is 7.77.